The normalized spacial score (nSPS) is 19.8. The fourth-order valence-corrected chi connectivity index (χ4v) is 5.68. The van der Waals surface area contributed by atoms with Crippen molar-refractivity contribution in [2.24, 2.45) is 0 Å². The van der Waals surface area contributed by atoms with Gasteiger partial charge in [-0.2, -0.15) is 4.31 Å². The fraction of sp³-hybridized carbons (Fsp3) is 0.250. The highest BCUT2D eigenvalue weighted by molar-refractivity contribution is 8.01. The largest absolute Gasteiger partial charge is 0.244 e. The van der Waals surface area contributed by atoms with E-state index in [1.165, 1.54) is 5.56 Å². The van der Waals surface area contributed by atoms with Gasteiger partial charge in [0, 0.05) is 12.3 Å². The van der Waals surface area contributed by atoms with Crippen LogP contribution in [-0.4, -0.2) is 25.0 Å². The molecule has 0 N–H and O–H groups in total. The molecule has 0 aliphatic carbocycles. The van der Waals surface area contributed by atoms with Crippen molar-refractivity contribution in [1.82, 2.24) is 4.31 Å². The predicted molar refractivity (Wildman–Crippen MR) is 86.7 cm³/mol. The molecule has 0 bridgehead atoms. The molecule has 1 atom stereocenters. The van der Waals surface area contributed by atoms with Crippen LogP contribution in [-0.2, 0) is 10.0 Å². The molecule has 0 radical (unpaired) electrons. The number of thioether (sulfide) groups is 1. The molecule has 21 heavy (non-hydrogen) atoms. The van der Waals surface area contributed by atoms with Gasteiger partial charge >= 0.3 is 0 Å². The zero-order chi connectivity index (χ0) is 14.9. The highest BCUT2D eigenvalue weighted by atomic mass is 32.2. The number of aryl methyl sites for hydroxylation is 1. The smallest absolute Gasteiger partial charge is 0.207 e. The lowest BCUT2D eigenvalue weighted by molar-refractivity contribution is 0.434. The summed E-state index contributed by atoms with van der Waals surface area (Å²) in [6.07, 6.45) is 0. The van der Waals surface area contributed by atoms with Gasteiger partial charge < -0.3 is 0 Å². The van der Waals surface area contributed by atoms with E-state index < -0.39 is 10.0 Å². The van der Waals surface area contributed by atoms with Crippen molar-refractivity contribution in [2.45, 2.75) is 17.2 Å². The molecule has 5 heteroatoms. The van der Waals surface area contributed by atoms with Gasteiger partial charge in [0.15, 0.2) is 0 Å². The van der Waals surface area contributed by atoms with Crippen molar-refractivity contribution in [2.75, 3.05) is 12.3 Å². The summed E-state index contributed by atoms with van der Waals surface area (Å²) in [5, 5.41) is -0.129. The lowest BCUT2D eigenvalue weighted by Crippen LogP contribution is -2.30. The Hall–Kier alpha value is -1.30. The van der Waals surface area contributed by atoms with Gasteiger partial charge in [0.1, 0.15) is 0 Å². The van der Waals surface area contributed by atoms with E-state index in [1.54, 1.807) is 40.3 Å². The van der Waals surface area contributed by atoms with Crippen LogP contribution < -0.4 is 0 Å². The standard InChI is InChI=1S/C16H17NO2S2/c1-13-7-9-14(10-8-13)16-17(11-12-20-16)21(18,19)15-5-3-2-4-6-15/h2-10,16H,11-12H2,1H3. The van der Waals surface area contributed by atoms with Crippen molar-refractivity contribution in [3.63, 3.8) is 0 Å². The summed E-state index contributed by atoms with van der Waals surface area (Å²) in [4.78, 5) is 0.365. The van der Waals surface area contributed by atoms with Gasteiger partial charge in [0.2, 0.25) is 10.0 Å². The summed E-state index contributed by atoms with van der Waals surface area (Å²) in [5.74, 6) is 0.824. The van der Waals surface area contributed by atoms with Crippen LogP contribution in [0.15, 0.2) is 59.5 Å². The van der Waals surface area contributed by atoms with Crippen molar-refractivity contribution in [3.8, 4) is 0 Å². The predicted octanol–water partition coefficient (Wildman–Crippen LogP) is 3.43. The molecule has 0 spiro atoms. The van der Waals surface area contributed by atoms with Gasteiger partial charge in [-0.05, 0) is 24.6 Å². The van der Waals surface area contributed by atoms with E-state index in [9.17, 15) is 8.42 Å². The second-order valence-electron chi connectivity index (χ2n) is 5.06. The lowest BCUT2D eigenvalue weighted by Gasteiger charge is -2.23. The Bertz CT molecular complexity index is 712. The van der Waals surface area contributed by atoms with Crippen LogP contribution >= 0.6 is 11.8 Å². The fourth-order valence-electron chi connectivity index (χ4n) is 2.42. The third kappa shape index (κ3) is 2.86. The minimum absolute atomic E-state index is 0.129. The molecule has 2 aromatic carbocycles. The van der Waals surface area contributed by atoms with Crippen LogP contribution in [0.25, 0.3) is 0 Å². The molecule has 0 amide bonds. The molecular weight excluding hydrogens is 302 g/mol. The van der Waals surface area contributed by atoms with E-state index in [1.807, 2.05) is 37.3 Å². The average molecular weight is 319 g/mol. The van der Waals surface area contributed by atoms with Crippen molar-refractivity contribution >= 4 is 21.8 Å². The maximum atomic E-state index is 12.8. The Morgan fingerprint density at radius 1 is 1.05 bits per heavy atom. The third-order valence-electron chi connectivity index (χ3n) is 3.56. The van der Waals surface area contributed by atoms with Gasteiger partial charge in [-0.15, -0.1) is 11.8 Å². The van der Waals surface area contributed by atoms with Gasteiger partial charge in [-0.3, -0.25) is 0 Å². The van der Waals surface area contributed by atoms with Crippen molar-refractivity contribution < 1.29 is 8.42 Å². The van der Waals surface area contributed by atoms with E-state index in [0.29, 0.717) is 11.4 Å². The first-order valence-electron chi connectivity index (χ1n) is 6.84. The molecule has 3 nitrogen and oxygen atoms in total. The first-order valence-corrected chi connectivity index (χ1v) is 9.33. The lowest BCUT2D eigenvalue weighted by atomic mass is 10.1. The van der Waals surface area contributed by atoms with Crippen LogP contribution in [0.3, 0.4) is 0 Å². The maximum Gasteiger partial charge on any atom is 0.244 e. The Kier molecular flexibility index (Phi) is 4.06. The second-order valence-corrected chi connectivity index (χ2v) is 8.14. The average Bonchev–Trinajstić information content (AvgIpc) is 2.99. The number of rotatable bonds is 3. The van der Waals surface area contributed by atoms with E-state index in [0.717, 1.165) is 11.3 Å². The Morgan fingerprint density at radius 3 is 2.38 bits per heavy atom. The first-order chi connectivity index (χ1) is 10.1. The van der Waals surface area contributed by atoms with Gasteiger partial charge in [0.05, 0.1) is 10.3 Å². The quantitative estimate of drug-likeness (QED) is 0.870. The molecule has 110 valence electrons. The van der Waals surface area contributed by atoms with Gasteiger partial charge in [-0.25, -0.2) is 8.42 Å². The number of hydrogen-bond donors (Lipinski definition) is 0. The SMILES string of the molecule is Cc1ccc(C2SCCN2S(=O)(=O)c2ccccc2)cc1. The minimum Gasteiger partial charge on any atom is -0.207 e. The van der Waals surface area contributed by atoms with Crippen LogP contribution in [0.5, 0.6) is 0 Å². The Labute approximate surface area is 130 Å². The first kappa shape index (κ1) is 14.6. The van der Waals surface area contributed by atoms with Crippen LogP contribution in [0.4, 0.5) is 0 Å². The van der Waals surface area contributed by atoms with Crippen LogP contribution in [0.1, 0.15) is 16.5 Å². The zero-order valence-corrected chi connectivity index (χ0v) is 13.4. The highest BCUT2D eigenvalue weighted by Crippen LogP contribution is 2.41. The Balaban J connectivity index is 1.96. The van der Waals surface area contributed by atoms with E-state index >= 15 is 0 Å². The molecule has 1 heterocycles. The second kappa shape index (κ2) is 5.83. The molecular formula is C16H17NO2S2. The summed E-state index contributed by atoms with van der Waals surface area (Å²) >= 11 is 1.68. The molecule has 1 fully saturated rings. The van der Waals surface area contributed by atoms with E-state index in [2.05, 4.69) is 0 Å². The highest BCUT2D eigenvalue weighted by Gasteiger charge is 2.36. The molecule has 2 aromatic rings. The van der Waals surface area contributed by atoms with E-state index in [4.69, 9.17) is 0 Å². The van der Waals surface area contributed by atoms with Gasteiger partial charge in [0.25, 0.3) is 0 Å². The summed E-state index contributed by atoms with van der Waals surface area (Å²) < 4.78 is 27.2. The molecule has 3 rings (SSSR count). The minimum atomic E-state index is -3.43. The van der Waals surface area contributed by atoms with Crippen molar-refractivity contribution in [3.05, 3.63) is 65.7 Å². The topological polar surface area (TPSA) is 37.4 Å². The number of hydrogen-bond acceptors (Lipinski definition) is 3. The van der Waals surface area contributed by atoms with E-state index in [-0.39, 0.29) is 5.37 Å². The van der Waals surface area contributed by atoms with Crippen molar-refractivity contribution in [1.29, 1.82) is 0 Å². The molecule has 0 aromatic heterocycles. The molecule has 1 aliphatic heterocycles. The molecule has 1 saturated heterocycles. The number of nitrogens with zero attached hydrogens (tertiary/aromatic N) is 1. The summed E-state index contributed by atoms with van der Waals surface area (Å²) in [7, 11) is -3.43. The summed E-state index contributed by atoms with van der Waals surface area (Å²) in [6, 6.07) is 16.8. The summed E-state index contributed by atoms with van der Waals surface area (Å²) in [5.41, 5.74) is 2.22. The molecule has 1 aliphatic rings. The molecule has 1 unspecified atom stereocenters. The molecule has 0 saturated carbocycles. The number of sulfonamides is 1. The maximum absolute atomic E-state index is 12.8. The Morgan fingerprint density at radius 2 is 1.71 bits per heavy atom. The summed E-state index contributed by atoms with van der Waals surface area (Å²) in [6.45, 7) is 2.59. The zero-order valence-electron chi connectivity index (χ0n) is 11.8. The van der Waals surface area contributed by atoms with Gasteiger partial charge in [-0.1, -0.05) is 48.0 Å². The third-order valence-corrected chi connectivity index (χ3v) is 6.83. The van der Waals surface area contributed by atoms with Crippen LogP contribution in [0, 0.1) is 6.92 Å². The monoisotopic (exact) mass is 319 g/mol. The number of benzene rings is 2. The van der Waals surface area contributed by atoms with Crippen LogP contribution in [0.2, 0.25) is 0 Å².